The minimum Gasteiger partial charge on any atom is -0.454 e. The lowest BCUT2D eigenvalue weighted by Gasteiger charge is -2.19. The fourth-order valence-electron chi connectivity index (χ4n) is 3.19. The molecule has 0 bridgehead atoms. The van der Waals surface area contributed by atoms with Crippen LogP contribution in [0.3, 0.4) is 0 Å². The van der Waals surface area contributed by atoms with Crippen LogP contribution in [0.5, 0.6) is 23.0 Å². The standard InChI is InChI=1S/C20H20O5/c1-12(7-14-3-5-16-18(8-14)24-10-22-16)13(2)20(21)15-4-6-17-19(9-15)25-11-23-17/h3-6,8-9,12-13H,7,10-11H2,1-2H3/t12-,13-/m0/s1. The predicted octanol–water partition coefficient (Wildman–Crippen LogP) is 3.84. The van der Waals surface area contributed by atoms with Gasteiger partial charge < -0.3 is 18.9 Å². The van der Waals surface area contributed by atoms with Crippen molar-refractivity contribution < 1.29 is 23.7 Å². The number of Topliss-reactive ketones (excluding diaryl/α,β-unsaturated/α-hetero) is 1. The van der Waals surface area contributed by atoms with Gasteiger partial charge in [-0.2, -0.15) is 0 Å². The Labute approximate surface area is 146 Å². The second kappa shape index (κ2) is 6.31. The Kier molecular flexibility index (Phi) is 3.99. The quantitative estimate of drug-likeness (QED) is 0.774. The van der Waals surface area contributed by atoms with Gasteiger partial charge in [-0.25, -0.2) is 0 Å². The van der Waals surface area contributed by atoms with E-state index in [4.69, 9.17) is 18.9 Å². The first-order valence-corrected chi connectivity index (χ1v) is 8.44. The average molecular weight is 340 g/mol. The zero-order valence-electron chi connectivity index (χ0n) is 14.3. The topological polar surface area (TPSA) is 54.0 Å². The van der Waals surface area contributed by atoms with Gasteiger partial charge in [0.05, 0.1) is 0 Å². The molecule has 0 unspecified atom stereocenters. The molecule has 0 saturated carbocycles. The average Bonchev–Trinajstić information content (AvgIpc) is 3.28. The van der Waals surface area contributed by atoms with E-state index in [0.29, 0.717) is 17.1 Å². The van der Waals surface area contributed by atoms with Crippen molar-refractivity contribution in [3.8, 4) is 23.0 Å². The number of carbonyl (C=O) groups is 1. The molecule has 4 rings (SSSR count). The molecule has 2 heterocycles. The molecule has 2 atom stereocenters. The Morgan fingerprint density at radius 3 is 2.20 bits per heavy atom. The highest BCUT2D eigenvalue weighted by Gasteiger charge is 2.24. The molecular formula is C20H20O5. The number of hydrogen-bond donors (Lipinski definition) is 0. The Hall–Kier alpha value is -2.69. The predicted molar refractivity (Wildman–Crippen MR) is 91.5 cm³/mol. The summed E-state index contributed by atoms with van der Waals surface area (Å²) in [5, 5.41) is 0. The Morgan fingerprint density at radius 1 is 0.880 bits per heavy atom. The van der Waals surface area contributed by atoms with E-state index < -0.39 is 0 Å². The first-order valence-electron chi connectivity index (χ1n) is 8.44. The van der Waals surface area contributed by atoms with Crippen LogP contribution in [0.15, 0.2) is 36.4 Å². The van der Waals surface area contributed by atoms with Crippen LogP contribution in [0.1, 0.15) is 29.8 Å². The number of hydrogen-bond acceptors (Lipinski definition) is 5. The third-order valence-corrected chi connectivity index (χ3v) is 4.92. The third kappa shape index (κ3) is 3.02. The van der Waals surface area contributed by atoms with Crippen LogP contribution in [-0.2, 0) is 6.42 Å². The molecule has 2 aromatic rings. The van der Waals surface area contributed by atoms with Crippen molar-refractivity contribution in [2.24, 2.45) is 11.8 Å². The van der Waals surface area contributed by atoms with Crippen LogP contribution in [0.25, 0.3) is 0 Å². The van der Waals surface area contributed by atoms with Gasteiger partial charge in [0.15, 0.2) is 28.8 Å². The van der Waals surface area contributed by atoms with E-state index in [-0.39, 0.29) is 31.2 Å². The lowest BCUT2D eigenvalue weighted by atomic mass is 9.84. The van der Waals surface area contributed by atoms with Crippen LogP contribution in [-0.4, -0.2) is 19.4 Å². The van der Waals surface area contributed by atoms with Gasteiger partial charge in [-0.15, -0.1) is 0 Å². The summed E-state index contributed by atoms with van der Waals surface area (Å²) in [5.41, 5.74) is 1.80. The van der Waals surface area contributed by atoms with Gasteiger partial charge in [0.25, 0.3) is 0 Å². The zero-order chi connectivity index (χ0) is 17.4. The largest absolute Gasteiger partial charge is 0.454 e. The summed E-state index contributed by atoms with van der Waals surface area (Å²) in [7, 11) is 0. The first kappa shape index (κ1) is 15.8. The first-order chi connectivity index (χ1) is 12.1. The van der Waals surface area contributed by atoms with Crippen molar-refractivity contribution in [1.82, 2.24) is 0 Å². The van der Waals surface area contributed by atoms with Crippen molar-refractivity contribution in [1.29, 1.82) is 0 Å². The fourth-order valence-corrected chi connectivity index (χ4v) is 3.19. The van der Waals surface area contributed by atoms with Crippen LogP contribution in [0.4, 0.5) is 0 Å². The molecule has 5 heteroatoms. The molecule has 0 fully saturated rings. The van der Waals surface area contributed by atoms with Crippen molar-refractivity contribution in [3.05, 3.63) is 47.5 Å². The molecule has 0 spiro atoms. The molecule has 25 heavy (non-hydrogen) atoms. The molecule has 2 aliphatic rings. The minimum absolute atomic E-state index is 0.106. The number of ether oxygens (including phenoxy) is 4. The highest BCUT2D eigenvalue weighted by Crippen LogP contribution is 2.35. The second-order valence-electron chi connectivity index (χ2n) is 6.59. The Balaban J connectivity index is 1.46. The number of carbonyl (C=O) groups excluding carboxylic acids is 1. The summed E-state index contributed by atoms with van der Waals surface area (Å²) < 4.78 is 21.4. The summed E-state index contributed by atoms with van der Waals surface area (Å²) in [6, 6.07) is 11.3. The summed E-state index contributed by atoms with van der Waals surface area (Å²) in [4.78, 5) is 12.8. The highest BCUT2D eigenvalue weighted by atomic mass is 16.7. The molecule has 2 aliphatic heterocycles. The van der Waals surface area contributed by atoms with Gasteiger partial charge in [0.2, 0.25) is 13.6 Å². The normalized spacial score (nSPS) is 16.6. The maximum absolute atomic E-state index is 12.8. The summed E-state index contributed by atoms with van der Waals surface area (Å²) in [6.45, 7) is 4.56. The third-order valence-electron chi connectivity index (χ3n) is 4.92. The Morgan fingerprint density at radius 2 is 1.48 bits per heavy atom. The maximum atomic E-state index is 12.8. The Bertz CT molecular complexity index is 814. The van der Waals surface area contributed by atoms with E-state index in [1.54, 1.807) is 18.2 Å². The van der Waals surface area contributed by atoms with Gasteiger partial charge in [-0.3, -0.25) is 4.79 Å². The fraction of sp³-hybridized carbons (Fsp3) is 0.350. The number of ketones is 1. The molecule has 5 nitrogen and oxygen atoms in total. The molecule has 0 radical (unpaired) electrons. The SMILES string of the molecule is C[C@H](C(=O)c1ccc2c(c1)OCO2)[C@@H](C)Cc1ccc2c(c1)OCO2. The van der Waals surface area contributed by atoms with E-state index in [2.05, 4.69) is 6.92 Å². The van der Waals surface area contributed by atoms with Crippen molar-refractivity contribution in [3.63, 3.8) is 0 Å². The second-order valence-corrected chi connectivity index (χ2v) is 6.59. The van der Waals surface area contributed by atoms with Gasteiger partial charge in [0.1, 0.15) is 0 Å². The number of fused-ring (bicyclic) bond motifs is 2. The smallest absolute Gasteiger partial charge is 0.231 e. The van der Waals surface area contributed by atoms with E-state index in [9.17, 15) is 4.79 Å². The summed E-state index contributed by atoms with van der Waals surface area (Å²) in [5.74, 6) is 3.09. The minimum atomic E-state index is -0.106. The molecule has 130 valence electrons. The summed E-state index contributed by atoms with van der Waals surface area (Å²) in [6.07, 6.45) is 0.800. The van der Waals surface area contributed by atoms with Gasteiger partial charge in [-0.1, -0.05) is 19.9 Å². The lowest BCUT2D eigenvalue weighted by Crippen LogP contribution is -2.20. The molecule has 0 N–H and O–H groups in total. The van der Waals surface area contributed by atoms with Gasteiger partial charge in [-0.05, 0) is 48.2 Å². The van der Waals surface area contributed by atoms with Crippen LogP contribution < -0.4 is 18.9 Å². The van der Waals surface area contributed by atoms with Crippen LogP contribution >= 0.6 is 0 Å². The molecule has 2 aromatic carbocycles. The van der Waals surface area contributed by atoms with Crippen LogP contribution in [0.2, 0.25) is 0 Å². The highest BCUT2D eigenvalue weighted by molar-refractivity contribution is 5.98. The van der Waals surface area contributed by atoms with Crippen molar-refractivity contribution in [2.45, 2.75) is 20.3 Å². The van der Waals surface area contributed by atoms with Crippen LogP contribution in [0, 0.1) is 11.8 Å². The van der Waals surface area contributed by atoms with Gasteiger partial charge in [0, 0.05) is 11.5 Å². The maximum Gasteiger partial charge on any atom is 0.231 e. The molecule has 0 aliphatic carbocycles. The van der Waals surface area contributed by atoms with Gasteiger partial charge >= 0.3 is 0 Å². The molecule has 0 aromatic heterocycles. The monoisotopic (exact) mass is 340 g/mol. The van der Waals surface area contributed by atoms with E-state index in [1.165, 1.54) is 0 Å². The van der Waals surface area contributed by atoms with E-state index >= 15 is 0 Å². The van der Waals surface area contributed by atoms with E-state index in [0.717, 1.165) is 23.5 Å². The molecule has 0 saturated heterocycles. The number of rotatable bonds is 5. The van der Waals surface area contributed by atoms with Crippen molar-refractivity contribution >= 4 is 5.78 Å². The molecular weight excluding hydrogens is 320 g/mol. The van der Waals surface area contributed by atoms with E-state index in [1.807, 2.05) is 25.1 Å². The summed E-state index contributed by atoms with van der Waals surface area (Å²) >= 11 is 0. The number of benzene rings is 2. The lowest BCUT2D eigenvalue weighted by molar-refractivity contribution is 0.0892. The zero-order valence-corrected chi connectivity index (χ0v) is 14.3. The van der Waals surface area contributed by atoms with Crippen molar-refractivity contribution in [2.75, 3.05) is 13.6 Å². The molecule has 0 amide bonds.